The predicted octanol–water partition coefficient (Wildman–Crippen LogP) is 3.64. The van der Waals surface area contributed by atoms with E-state index in [1.807, 2.05) is 0 Å². The summed E-state index contributed by atoms with van der Waals surface area (Å²) < 4.78 is 1.26. The monoisotopic (exact) mass is 222 g/mol. The minimum atomic E-state index is 1.10. The minimum Gasteiger partial charge on any atom is -0.0795 e. The van der Waals surface area contributed by atoms with Crippen LogP contribution in [0.5, 0.6) is 0 Å². The van der Waals surface area contributed by atoms with Crippen LogP contribution >= 0.6 is 15.9 Å². The van der Waals surface area contributed by atoms with E-state index in [0.717, 1.165) is 6.42 Å². The van der Waals surface area contributed by atoms with Crippen LogP contribution in [0.15, 0.2) is 16.6 Å². The molecule has 0 fully saturated rings. The number of fused-ring (bicyclic) bond motifs is 1. The van der Waals surface area contributed by atoms with Crippen molar-refractivity contribution < 1.29 is 0 Å². The highest BCUT2D eigenvalue weighted by atomic mass is 79.9. The average Bonchev–Trinajstić information content (AvgIpc) is 2.48. The van der Waals surface area contributed by atoms with Crippen LogP contribution in [0, 0.1) is 13.8 Å². The number of benzene rings is 1. The largest absolute Gasteiger partial charge is 0.0795 e. The summed E-state index contributed by atoms with van der Waals surface area (Å²) >= 11 is 3.61. The number of hydrogen-bond acceptors (Lipinski definition) is 0. The molecule has 0 heterocycles. The van der Waals surface area contributed by atoms with Crippen molar-refractivity contribution in [2.45, 2.75) is 20.3 Å². The van der Waals surface area contributed by atoms with Gasteiger partial charge in [-0.25, -0.2) is 0 Å². The summed E-state index contributed by atoms with van der Waals surface area (Å²) in [7, 11) is 0. The second kappa shape index (κ2) is 2.74. The van der Waals surface area contributed by atoms with Crippen LogP contribution in [-0.2, 0) is 6.42 Å². The third-order valence-electron chi connectivity index (χ3n) is 2.42. The molecule has 0 saturated heterocycles. The van der Waals surface area contributed by atoms with Crippen molar-refractivity contribution in [3.8, 4) is 0 Å². The average molecular weight is 223 g/mol. The summed E-state index contributed by atoms with van der Waals surface area (Å²) in [5, 5.41) is 0. The number of hydrogen-bond donors (Lipinski definition) is 0. The Morgan fingerprint density at radius 3 is 2.75 bits per heavy atom. The van der Waals surface area contributed by atoms with Gasteiger partial charge in [-0.2, -0.15) is 0 Å². The maximum atomic E-state index is 3.61. The molecule has 0 spiro atoms. The Hall–Kier alpha value is -0.560. The number of allylic oxidation sites excluding steroid dienone is 1. The van der Waals surface area contributed by atoms with Crippen molar-refractivity contribution in [1.82, 2.24) is 0 Å². The van der Waals surface area contributed by atoms with Gasteiger partial charge in [-0.05, 0) is 58.5 Å². The summed E-state index contributed by atoms with van der Waals surface area (Å²) in [5.74, 6) is 0. The molecular weight excluding hydrogens is 212 g/mol. The van der Waals surface area contributed by atoms with Crippen LogP contribution in [-0.4, -0.2) is 0 Å². The van der Waals surface area contributed by atoms with Gasteiger partial charge >= 0.3 is 0 Å². The van der Waals surface area contributed by atoms with E-state index in [-0.39, 0.29) is 0 Å². The van der Waals surface area contributed by atoms with Crippen LogP contribution in [0.2, 0.25) is 0 Å². The van der Waals surface area contributed by atoms with Crippen molar-refractivity contribution in [2.75, 3.05) is 0 Å². The molecule has 0 radical (unpaired) electrons. The highest BCUT2D eigenvalue weighted by Crippen LogP contribution is 2.32. The molecule has 1 aliphatic carbocycles. The van der Waals surface area contributed by atoms with E-state index < -0.39 is 0 Å². The molecule has 1 aliphatic rings. The van der Waals surface area contributed by atoms with Crippen molar-refractivity contribution >= 4 is 22.0 Å². The number of aryl methyl sites for hydroxylation is 2. The van der Waals surface area contributed by atoms with E-state index >= 15 is 0 Å². The molecule has 2 rings (SSSR count). The molecule has 0 unspecified atom stereocenters. The van der Waals surface area contributed by atoms with Gasteiger partial charge in [0.15, 0.2) is 0 Å². The molecule has 0 nitrogen and oxygen atoms in total. The molecule has 1 aromatic rings. The van der Waals surface area contributed by atoms with E-state index in [0.29, 0.717) is 0 Å². The van der Waals surface area contributed by atoms with Crippen LogP contribution in [0.3, 0.4) is 0 Å². The molecule has 0 atom stereocenters. The Morgan fingerprint density at radius 2 is 2.00 bits per heavy atom. The molecule has 12 heavy (non-hydrogen) atoms. The number of halogens is 1. The summed E-state index contributed by atoms with van der Waals surface area (Å²) in [6.07, 6.45) is 5.53. The highest BCUT2D eigenvalue weighted by molar-refractivity contribution is 9.10. The Morgan fingerprint density at radius 1 is 1.25 bits per heavy atom. The van der Waals surface area contributed by atoms with Crippen LogP contribution in [0.1, 0.15) is 22.3 Å². The van der Waals surface area contributed by atoms with E-state index in [9.17, 15) is 0 Å². The van der Waals surface area contributed by atoms with Crippen LogP contribution in [0.4, 0.5) is 0 Å². The fraction of sp³-hybridized carbons (Fsp3) is 0.273. The first-order chi connectivity index (χ1) is 5.70. The van der Waals surface area contributed by atoms with Gasteiger partial charge in [0.2, 0.25) is 0 Å². The maximum Gasteiger partial charge on any atom is 0.0279 e. The van der Waals surface area contributed by atoms with Gasteiger partial charge in [0.25, 0.3) is 0 Å². The van der Waals surface area contributed by atoms with Gasteiger partial charge < -0.3 is 0 Å². The molecule has 1 heteroatoms. The molecule has 0 amide bonds. The zero-order valence-electron chi connectivity index (χ0n) is 7.32. The Labute approximate surface area is 81.4 Å². The Bertz CT molecular complexity index is 362. The lowest BCUT2D eigenvalue weighted by molar-refractivity contribution is 1.21. The second-order valence-electron chi connectivity index (χ2n) is 3.32. The highest BCUT2D eigenvalue weighted by Gasteiger charge is 2.12. The summed E-state index contributed by atoms with van der Waals surface area (Å²) in [6.45, 7) is 4.33. The van der Waals surface area contributed by atoms with E-state index in [1.54, 1.807) is 0 Å². The van der Waals surface area contributed by atoms with Gasteiger partial charge in [0.05, 0.1) is 0 Å². The van der Waals surface area contributed by atoms with E-state index in [2.05, 4.69) is 48.0 Å². The van der Waals surface area contributed by atoms with Crippen molar-refractivity contribution in [3.05, 3.63) is 38.9 Å². The predicted molar refractivity (Wildman–Crippen MR) is 56.4 cm³/mol. The molecule has 0 bridgehead atoms. The van der Waals surface area contributed by atoms with Crippen molar-refractivity contribution in [2.24, 2.45) is 0 Å². The quantitative estimate of drug-likeness (QED) is 0.629. The lowest BCUT2D eigenvalue weighted by Gasteiger charge is -2.08. The normalized spacial score (nSPS) is 13.6. The SMILES string of the molecule is Cc1cc(C)c2c(c1Br)C=CC2. The van der Waals surface area contributed by atoms with Gasteiger partial charge in [-0.15, -0.1) is 0 Å². The zero-order chi connectivity index (χ0) is 8.72. The maximum absolute atomic E-state index is 3.61. The van der Waals surface area contributed by atoms with E-state index in [1.165, 1.54) is 26.7 Å². The fourth-order valence-electron chi connectivity index (χ4n) is 1.77. The van der Waals surface area contributed by atoms with Gasteiger partial charge in [0, 0.05) is 4.47 Å². The van der Waals surface area contributed by atoms with Gasteiger partial charge in [-0.3, -0.25) is 0 Å². The number of rotatable bonds is 0. The smallest absolute Gasteiger partial charge is 0.0279 e. The molecule has 62 valence electrons. The van der Waals surface area contributed by atoms with Crippen molar-refractivity contribution in [3.63, 3.8) is 0 Å². The Kier molecular flexibility index (Phi) is 1.84. The Balaban J connectivity index is 2.75. The molecule has 0 N–H and O–H groups in total. The summed E-state index contributed by atoms with van der Waals surface area (Å²) in [5.41, 5.74) is 5.61. The minimum absolute atomic E-state index is 1.10. The topological polar surface area (TPSA) is 0 Å². The van der Waals surface area contributed by atoms with Crippen molar-refractivity contribution in [1.29, 1.82) is 0 Å². The van der Waals surface area contributed by atoms with Gasteiger partial charge in [0.1, 0.15) is 0 Å². The van der Waals surface area contributed by atoms with Gasteiger partial charge in [-0.1, -0.05) is 18.2 Å². The fourth-order valence-corrected chi connectivity index (χ4v) is 2.26. The van der Waals surface area contributed by atoms with Crippen LogP contribution < -0.4 is 0 Å². The molecule has 0 aromatic heterocycles. The standard InChI is InChI=1S/C11H11Br/c1-7-6-8(2)11(12)10-5-3-4-9(7)10/h3,5-6H,4H2,1-2H3. The lowest BCUT2D eigenvalue weighted by Crippen LogP contribution is -1.91. The second-order valence-corrected chi connectivity index (χ2v) is 4.12. The zero-order valence-corrected chi connectivity index (χ0v) is 8.90. The summed E-state index contributed by atoms with van der Waals surface area (Å²) in [4.78, 5) is 0. The first-order valence-electron chi connectivity index (χ1n) is 4.15. The molecule has 0 saturated carbocycles. The first kappa shape index (κ1) is 8.06. The molecular formula is C11H11Br. The lowest BCUT2D eigenvalue weighted by atomic mass is 10.0. The first-order valence-corrected chi connectivity index (χ1v) is 4.94. The molecule has 0 aliphatic heterocycles. The molecule has 1 aromatic carbocycles. The summed E-state index contributed by atoms with van der Waals surface area (Å²) in [6, 6.07) is 2.25. The van der Waals surface area contributed by atoms with E-state index in [4.69, 9.17) is 0 Å². The third kappa shape index (κ3) is 1.04. The third-order valence-corrected chi connectivity index (χ3v) is 3.48. The van der Waals surface area contributed by atoms with Crippen LogP contribution in [0.25, 0.3) is 6.08 Å².